The fourth-order valence-electron chi connectivity index (χ4n) is 3.72. The van der Waals surface area contributed by atoms with Gasteiger partial charge in [-0.2, -0.15) is 5.10 Å². The van der Waals surface area contributed by atoms with E-state index in [2.05, 4.69) is 20.3 Å². The highest BCUT2D eigenvalue weighted by molar-refractivity contribution is 5.76. The molecule has 146 valence electrons. The number of hydrogen-bond acceptors (Lipinski definition) is 6. The summed E-state index contributed by atoms with van der Waals surface area (Å²) in [5.74, 6) is 0.456. The largest absolute Gasteiger partial charge is 0.497 e. The van der Waals surface area contributed by atoms with Crippen LogP contribution in [0.1, 0.15) is 18.4 Å². The number of hydrogen-bond donors (Lipinski definition) is 2. The van der Waals surface area contributed by atoms with Gasteiger partial charge < -0.3 is 15.2 Å². The first-order valence-corrected chi connectivity index (χ1v) is 9.31. The third kappa shape index (κ3) is 3.77. The standard InChI is InChI=1S/C20H23N5O3/c1-28-17-6-2-5-16(10-17)23-19-18-14(7-9-25(18)22-13-21-19)11-24-8-3-4-15(12-24)20(26)27/h2,5-7,9-10,13,15H,3-4,8,11-12H2,1H3,(H,26,27)(H,21,22,23). The van der Waals surface area contributed by atoms with Gasteiger partial charge >= 0.3 is 5.97 Å². The van der Waals surface area contributed by atoms with Crippen LogP contribution < -0.4 is 10.1 Å². The van der Waals surface area contributed by atoms with Crippen molar-refractivity contribution in [1.29, 1.82) is 0 Å². The quantitative estimate of drug-likeness (QED) is 0.678. The Morgan fingerprint density at radius 2 is 2.29 bits per heavy atom. The molecule has 0 amide bonds. The first kappa shape index (κ1) is 18.2. The topological polar surface area (TPSA) is 92.0 Å². The Balaban J connectivity index is 1.60. The van der Waals surface area contributed by atoms with E-state index in [-0.39, 0.29) is 5.92 Å². The van der Waals surface area contributed by atoms with Crippen molar-refractivity contribution in [1.82, 2.24) is 19.5 Å². The molecular formula is C20H23N5O3. The van der Waals surface area contributed by atoms with E-state index in [0.29, 0.717) is 18.9 Å². The average molecular weight is 381 g/mol. The number of carbonyl (C=O) groups is 1. The van der Waals surface area contributed by atoms with E-state index in [1.165, 1.54) is 6.33 Å². The number of rotatable bonds is 6. The Bertz CT molecular complexity index is 987. The van der Waals surface area contributed by atoms with E-state index in [0.717, 1.165) is 41.9 Å². The van der Waals surface area contributed by atoms with Crippen LogP contribution in [0.4, 0.5) is 11.5 Å². The van der Waals surface area contributed by atoms with E-state index in [9.17, 15) is 9.90 Å². The minimum atomic E-state index is -0.713. The normalized spacial score (nSPS) is 17.5. The lowest BCUT2D eigenvalue weighted by Gasteiger charge is -2.30. The second kappa shape index (κ2) is 7.85. The van der Waals surface area contributed by atoms with Crippen molar-refractivity contribution >= 4 is 23.0 Å². The summed E-state index contributed by atoms with van der Waals surface area (Å²) in [7, 11) is 1.64. The maximum Gasteiger partial charge on any atom is 0.307 e. The van der Waals surface area contributed by atoms with Gasteiger partial charge in [-0.3, -0.25) is 9.69 Å². The third-order valence-electron chi connectivity index (χ3n) is 5.12. The van der Waals surface area contributed by atoms with Crippen LogP contribution in [-0.4, -0.2) is 50.8 Å². The molecule has 4 rings (SSSR count). The van der Waals surface area contributed by atoms with E-state index >= 15 is 0 Å². The zero-order valence-corrected chi connectivity index (χ0v) is 15.7. The third-order valence-corrected chi connectivity index (χ3v) is 5.12. The van der Waals surface area contributed by atoms with E-state index < -0.39 is 5.97 Å². The molecule has 1 atom stereocenters. The van der Waals surface area contributed by atoms with Crippen molar-refractivity contribution in [3.8, 4) is 5.75 Å². The van der Waals surface area contributed by atoms with Crippen molar-refractivity contribution in [3.63, 3.8) is 0 Å². The highest BCUT2D eigenvalue weighted by atomic mass is 16.5. The van der Waals surface area contributed by atoms with Gasteiger partial charge in [0.15, 0.2) is 5.82 Å². The molecule has 28 heavy (non-hydrogen) atoms. The second-order valence-corrected chi connectivity index (χ2v) is 7.01. The lowest BCUT2D eigenvalue weighted by Crippen LogP contribution is -2.38. The highest BCUT2D eigenvalue weighted by Crippen LogP contribution is 2.27. The van der Waals surface area contributed by atoms with Crippen LogP contribution >= 0.6 is 0 Å². The van der Waals surface area contributed by atoms with Crippen LogP contribution in [0.25, 0.3) is 5.52 Å². The van der Waals surface area contributed by atoms with Crippen LogP contribution in [0.15, 0.2) is 42.9 Å². The lowest BCUT2D eigenvalue weighted by molar-refractivity contribution is -0.143. The van der Waals surface area contributed by atoms with Gasteiger partial charge in [-0.25, -0.2) is 9.50 Å². The summed E-state index contributed by atoms with van der Waals surface area (Å²) >= 11 is 0. The Kier molecular flexibility index (Phi) is 5.12. The molecule has 1 fully saturated rings. The second-order valence-electron chi connectivity index (χ2n) is 7.01. The molecule has 3 aromatic rings. The number of likely N-dealkylation sites (tertiary alicyclic amines) is 1. The number of carboxylic acids is 1. The molecule has 0 bridgehead atoms. The van der Waals surface area contributed by atoms with Crippen LogP contribution in [0.3, 0.4) is 0 Å². The van der Waals surface area contributed by atoms with Gasteiger partial charge in [-0.1, -0.05) is 6.07 Å². The van der Waals surface area contributed by atoms with Gasteiger partial charge in [0.2, 0.25) is 0 Å². The monoisotopic (exact) mass is 381 g/mol. The molecule has 3 heterocycles. The van der Waals surface area contributed by atoms with Crippen LogP contribution in [0.2, 0.25) is 0 Å². The van der Waals surface area contributed by atoms with Gasteiger partial charge in [0.1, 0.15) is 17.6 Å². The number of fused-ring (bicyclic) bond motifs is 1. The van der Waals surface area contributed by atoms with Gasteiger partial charge in [0, 0.05) is 31.0 Å². The zero-order valence-electron chi connectivity index (χ0n) is 15.7. The average Bonchev–Trinajstić information content (AvgIpc) is 3.12. The summed E-state index contributed by atoms with van der Waals surface area (Å²) in [6, 6.07) is 9.68. The predicted molar refractivity (Wildman–Crippen MR) is 105 cm³/mol. The number of methoxy groups -OCH3 is 1. The van der Waals surface area contributed by atoms with E-state index in [1.54, 1.807) is 11.6 Å². The summed E-state index contributed by atoms with van der Waals surface area (Å²) in [6.07, 6.45) is 5.06. The molecule has 0 aliphatic carbocycles. The number of benzene rings is 1. The first-order valence-electron chi connectivity index (χ1n) is 9.31. The summed E-state index contributed by atoms with van der Waals surface area (Å²) in [5, 5.41) is 17.0. The van der Waals surface area contributed by atoms with Gasteiger partial charge in [0.25, 0.3) is 0 Å². The number of ether oxygens (including phenoxy) is 1. The molecular weight excluding hydrogens is 358 g/mol. The first-order chi connectivity index (χ1) is 13.6. The van der Waals surface area contributed by atoms with Gasteiger partial charge in [-0.15, -0.1) is 0 Å². The summed E-state index contributed by atoms with van der Waals surface area (Å²) in [6.45, 7) is 2.13. The Morgan fingerprint density at radius 1 is 1.39 bits per heavy atom. The van der Waals surface area contributed by atoms with Crippen LogP contribution in [-0.2, 0) is 11.3 Å². The molecule has 0 spiro atoms. The maximum atomic E-state index is 11.4. The molecule has 8 nitrogen and oxygen atoms in total. The number of aliphatic carboxylic acids is 1. The van der Waals surface area contributed by atoms with Gasteiger partial charge in [0.05, 0.1) is 13.0 Å². The molecule has 1 aliphatic rings. The minimum absolute atomic E-state index is 0.298. The van der Waals surface area contributed by atoms with Crippen molar-refractivity contribution in [2.45, 2.75) is 19.4 Å². The van der Waals surface area contributed by atoms with E-state index in [1.807, 2.05) is 36.5 Å². The molecule has 1 saturated heterocycles. The highest BCUT2D eigenvalue weighted by Gasteiger charge is 2.26. The van der Waals surface area contributed by atoms with Crippen LogP contribution in [0.5, 0.6) is 5.75 Å². The minimum Gasteiger partial charge on any atom is -0.497 e. The summed E-state index contributed by atoms with van der Waals surface area (Å²) in [4.78, 5) is 18.0. The lowest BCUT2D eigenvalue weighted by atomic mass is 9.98. The van der Waals surface area contributed by atoms with Crippen molar-refractivity contribution in [2.24, 2.45) is 5.92 Å². The Hall–Kier alpha value is -3.13. The maximum absolute atomic E-state index is 11.4. The van der Waals surface area contributed by atoms with E-state index in [4.69, 9.17) is 4.74 Å². The molecule has 1 aliphatic heterocycles. The summed E-state index contributed by atoms with van der Waals surface area (Å²) in [5.41, 5.74) is 2.83. The Labute approximate surface area is 162 Å². The number of carboxylic acid groups (broad SMARTS) is 1. The van der Waals surface area contributed by atoms with Crippen molar-refractivity contribution < 1.29 is 14.6 Å². The smallest absolute Gasteiger partial charge is 0.307 e. The van der Waals surface area contributed by atoms with Crippen molar-refractivity contribution in [3.05, 3.63) is 48.4 Å². The molecule has 2 aromatic heterocycles. The van der Waals surface area contributed by atoms with Crippen molar-refractivity contribution in [2.75, 3.05) is 25.5 Å². The zero-order chi connectivity index (χ0) is 19.5. The molecule has 0 saturated carbocycles. The summed E-state index contributed by atoms with van der Waals surface area (Å²) < 4.78 is 7.08. The number of nitrogens with one attached hydrogen (secondary N) is 1. The number of anilines is 2. The number of aromatic nitrogens is 3. The number of piperidine rings is 1. The fraction of sp³-hybridized carbons (Fsp3) is 0.350. The fourth-order valence-corrected chi connectivity index (χ4v) is 3.72. The molecule has 1 unspecified atom stereocenters. The van der Waals surface area contributed by atoms with Crippen LogP contribution in [0, 0.1) is 5.92 Å². The number of nitrogens with zero attached hydrogens (tertiary/aromatic N) is 4. The molecule has 0 radical (unpaired) electrons. The predicted octanol–water partition coefficient (Wildman–Crippen LogP) is 2.78. The molecule has 8 heteroatoms. The molecule has 2 N–H and O–H groups in total. The molecule has 1 aromatic carbocycles. The Morgan fingerprint density at radius 3 is 3.11 bits per heavy atom. The SMILES string of the molecule is COc1cccc(Nc2ncnn3ccc(CN4CCCC(C(=O)O)C4)c23)c1. The van der Waals surface area contributed by atoms with Gasteiger partial charge in [-0.05, 0) is 43.1 Å².